The van der Waals surface area contributed by atoms with Gasteiger partial charge in [0.15, 0.2) is 0 Å². The maximum Gasteiger partial charge on any atom is 0.258 e. The first kappa shape index (κ1) is 22.4. The number of aryl methyl sites for hydroxylation is 1. The highest BCUT2D eigenvalue weighted by Crippen LogP contribution is 2.19. The summed E-state index contributed by atoms with van der Waals surface area (Å²) in [7, 11) is -2.50. The minimum Gasteiger partial charge on any atom is -0.497 e. The first-order chi connectivity index (χ1) is 14.7. The van der Waals surface area contributed by atoms with Crippen LogP contribution in [-0.2, 0) is 16.6 Å². The van der Waals surface area contributed by atoms with Crippen LogP contribution in [0.2, 0.25) is 0 Å². The zero-order valence-electron chi connectivity index (χ0n) is 16.8. The van der Waals surface area contributed by atoms with Gasteiger partial charge in [-0.05, 0) is 60.5 Å². The van der Waals surface area contributed by atoms with Crippen molar-refractivity contribution in [2.75, 3.05) is 12.4 Å². The smallest absolute Gasteiger partial charge is 0.258 e. The average Bonchev–Trinajstić information content (AvgIpc) is 2.75. The summed E-state index contributed by atoms with van der Waals surface area (Å²) >= 11 is 0. The zero-order chi connectivity index (χ0) is 22.6. The lowest BCUT2D eigenvalue weighted by Crippen LogP contribution is -2.24. The molecule has 0 atom stereocenters. The number of rotatable bonds is 7. The first-order valence-corrected chi connectivity index (χ1v) is 10.7. The van der Waals surface area contributed by atoms with Gasteiger partial charge < -0.3 is 10.1 Å². The second-order valence-electron chi connectivity index (χ2n) is 6.73. The minimum absolute atomic E-state index is 0.00607. The topological polar surface area (TPSA) is 84.5 Å². The van der Waals surface area contributed by atoms with E-state index in [-0.39, 0.29) is 17.1 Å². The van der Waals surface area contributed by atoms with Crippen LogP contribution >= 0.6 is 0 Å². The first-order valence-electron chi connectivity index (χ1n) is 9.19. The van der Waals surface area contributed by atoms with E-state index in [1.807, 2.05) is 0 Å². The highest BCUT2D eigenvalue weighted by atomic mass is 32.2. The number of amides is 1. The van der Waals surface area contributed by atoms with Crippen LogP contribution in [0.1, 0.15) is 21.5 Å². The Balaban J connectivity index is 1.77. The predicted octanol–water partition coefficient (Wildman–Crippen LogP) is 4.01. The molecule has 0 aromatic heterocycles. The van der Waals surface area contributed by atoms with Gasteiger partial charge in [-0.2, -0.15) is 0 Å². The number of methoxy groups -OCH3 is 1. The summed E-state index contributed by atoms with van der Waals surface area (Å²) < 4.78 is 60.6. The number of nitrogens with one attached hydrogen (secondary N) is 2. The van der Waals surface area contributed by atoms with Gasteiger partial charge in [0.25, 0.3) is 5.91 Å². The summed E-state index contributed by atoms with van der Waals surface area (Å²) in [6.45, 7) is 1.56. The van der Waals surface area contributed by atoms with Gasteiger partial charge in [-0.25, -0.2) is 21.9 Å². The van der Waals surface area contributed by atoms with Gasteiger partial charge in [-0.15, -0.1) is 0 Å². The van der Waals surface area contributed by atoms with Gasteiger partial charge in [0.1, 0.15) is 17.4 Å². The molecule has 0 aliphatic carbocycles. The molecule has 0 saturated heterocycles. The number of carbonyl (C=O) groups excluding carboxylic acids is 1. The molecule has 0 heterocycles. The summed E-state index contributed by atoms with van der Waals surface area (Å²) in [5.74, 6) is -1.70. The molecule has 9 heteroatoms. The van der Waals surface area contributed by atoms with Crippen molar-refractivity contribution in [2.45, 2.75) is 18.4 Å². The van der Waals surface area contributed by atoms with E-state index in [9.17, 15) is 22.0 Å². The fraction of sp³-hybridized carbons (Fsp3) is 0.136. The molecule has 162 valence electrons. The third kappa shape index (κ3) is 5.44. The van der Waals surface area contributed by atoms with Gasteiger partial charge in [-0.3, -0.25) is 4.79 Å². The number of benzene rings is 3. The summed E-state index contributed by atoms with van der Waals surface area (Å²) in [6, 6.07) is 13.7. The van der Waals surface area contributed by atoms with Crippen LogP contribution in [-0.4, -0.2) is 21.4 Å². The standard InChI is InChI=1S/C22H20F2N2O4S/c1-14-3-6-16(11-21(14)24)26-22(27)19-12-18(9-10-20(19)23)31(28,29)25-13-15-4-7-17(30-2)8-5-15/h3-12,25H,13H2,1-2H3,(H,26,27). The van der Waals surface area contributed by atoms with Crippen LogP contribution in [0, 0.1) is 18.6 Å². The maximum atomic E-state index is 14.2. The Morgan fingerprint density at radius 1 is 0.968 bits per heavy atom. The monoisotopic (exact) mass is 446 g/mol. The molecule has 0 fully saturated rings. The fourth-order valence-electron chi connectivity index (χ4n) is 2.72. The number of carbonyl (C=O) groups is 1. The highest BCUT2D eigenvalue weighted by Gasteiger charge is 2.20. The van der Waals surface area contributed by atoms with Crippen LogP contribution < -0.4 is 14.8 Å². The third-order valence-corrected chi connectivity index (χ3v) is 5.95. The molecule has 0 bridgehead atoms. The molecule has 6 nitrogen and oxygen atoms in total. The molecule has 3 aromatic carbocycles. The van der Waals surface area contributed by atoms with E-state index in [0.29, 0.717) is 16.9 Å². The van der Waals surface area contributed by atoms with E-state index >= 15 is 0 Å². The molecule has 0 unspecified atom stereocenters. The number of halogens is 2. The van der Waals surface area contributed by atoms with Crippen LogP contribution in [0.15, 0.2) is 65.6 Å². The van der Waals surface area contributed by atoms with Gasteiger partial charge in [-0.1, -0.05) is 18.2 Å². The Labute approximate surface area is 178 Å². The van der Waals surface area contributed by atoms with Crippen molar-refractivity contribution < 1.29 is 26.7 Å². The number of anilines is 1. The Morgan fingerprint density at radius 2 is 1.68 bits per heavy atom. The zero-order valence-corrected chi connectivity index (χ0v) is 17.6. The molecule has 3 aromatic rings. The molecule has 0 spiro atoms. The lowest BCUT2D eigenvalue weighted by Gasteiger charge is -2.11. The molecular formula is C22H20F2N2O4S. The summed E-state index contributed by atoms with van der Waals surface area (Å²) in [6.07, 6.45) is 0. The van der Waals surface area contributed by atoms with Gasteiger partial charge in [0.2, 0.25) is 10.0 Å². The maximum absolute atomic E-state index is 14.2. The molecular weight excluding hydrogens is 426 g/mol. The molecule has 3 rings (SSSR count). The number of sulfonamides is 1. The van der Waals surface area contributed by atoms with E-state index in [0.717, 1.165) is 24.3 Å². The quantitative estimate of drug-likeness (QED) is 0.574. The second-order valence-corrected chi connectivity index (χ2v) is 8.50. The van der Waals surface area contributed by atoms with Gasteiger partial charge in [0.05, 0.1) is 17.6 Å². The van der Waals surface area contributed by atoms with Crippen LogP contribution in [0.25, 0.3) is 0 Å². The van der Waals surface area contributed by atoms with Crippen LogP contribution in [0.4, 0.5) is 14.5 Å². The van der Waals surface area contributed by atoms with E-state index in [4.69, 9.17) is 4.74 Å². The van der Waals surface area contributed by atoms with Crippen LogP contribution in [0.5, 0.6) is 5.75 Å². The minimum atomic E-state index is -4.02. The summed E-state index contributed by atoms with van der Waals surface area (Å²) in [5, 5.41) is 2.37. The average molecular weight is 446 g/mol. The van der Waals surface area contributed by atoms with E-state index in [1.165, 1.54) is 19.2 Å². The molecule has 0 aliphatic heterocycles. The van der Waals surface area contributed by atoms with Crippen molar-refractivity contribution in [3.63, 3.8) is 0 Å². The van der Waals surface area contributed by atoms with Crippen molar-refractivity contribution >= 4 is 21.6 Å². The summed E-state index contributed by atoms with van der Waals surface area (Å²) in [4.78, 5) is 12.2. The molecule has 0 radical (unpaired) electrons. The van der Waals surface area contributed by atoms with E-state index in [2.05, 4.69) is 10.0 Å². The third-order valence-electron chi connectivity index (χ3n) is 4.55. The molecule has 31 heavy (non-hydrogen) atoms. The van der Waals surface area contributed by atoms with E-state index in [1.54, 1.807) is 31.2 Å². The van der Waals surface area contributed by atoms with E-state index < -0.39 is 33.1 Å². The SMILES string of the molecule is COc1ccc(CNS(=O)(=O)c2ccc(F)c(C(=O)Nc3ccc(C)c(F)c3)c2)cc1. The van der Waals surface area contributed by atoms with Crippen LogP contribution in [0.3, 0.4) is 0 Å². The van der Waals surface area contributed by atoms with Crippen molar-refractivity contribution in [1.82, 2.24) is 4.72 Å². The molecule has 1 amide bonds. The lowest BCUT2D eigenvalue weighted by atomic mass is 10.1. The highest BCUT2D eigenvalue weighted by molar-refractivity contribution is 7.89. The summed E-state index contributed by atoms with van der Waals surface area (Å²) in [5.41, 5.74) is 0.720. The van der Waals surface area contributed by atoms with Crippen molar-refractivity contribution in [3.05, 3.63) is 89.0 Å². The Bertz CT molecular complexity index is 1210. The Kier molecular flexibility index (Phi) is 6.67. The number of hydrogen-bond acceptors (Lipinski definition) is 4. The van der Waals surface area contributed by atoms with Gasteiger partial charge >= 0.3 is 0 Å². The Hall–Kier alpha value is -3.30. The fourth-order valence-corrected chi connectivity index (χ4v) is 3.76. The molecule has 2 N–H and O–H groups in total. The molecule has 0 aliphatic rings. The number of hydrogen-bond donors (Lipinski definition) is 2. The predicted molar refractivity (Wildman–Crippen MR) is 113 cm³/mol. The van der Waals surface area contributed by atoms with Crippen molar-refractivity contribution in [2.24, 2.45) is 0 Å². The lowest BCUT2D eigenvalue weighted by molar-refractivity contribution is 0.102. The van der Waals surface area contributed by atoms with Crippen molar-refractivity contribution in [3.8, 4) is 5.75 Å². The van der Waals surface area contributed by atoms with Gasteiger partial charge in [0, 0.05) is 12.2 Å². The normalized spacial score (nSPS) is 11.2. The van der Waals surface area contributed by atoms with Crippen molar-refractivity contribution in [1.29, 1.82) is 0 Å². The molecule has 0 saturated carbocycles. The largest absolute Gasteiger partial charge is 0.497 e. The number of ether oxygens (including phenoxy) is 1. The second kappa shape index (κ2) is 9.23. The Morgan fingerprint density at radius 3 is 2.32 bits per heavy atom.